The number of thioether (sulfide) groups is 1. The molecule has 0 radical (unpaired) electrons. The second kappa shape index (κ2) is 7.57. The molecular formula is C16H20N6OS. The molecule has 0 N–H and O–H groups in total. The van der Waals surface area contributed by atoms with Crippen molar-refractivity contribution in [3.63, 3.8) is 0 Å². The number of hydrogen-bond acceptors (Lipinski definition) is 7. The number of tetrazole rings is 1. The van der Waals surface area contributed by atoms with E-state index in [0.717, 1.165) is 17.1 Å². The Kier molecular flexibility index (Phi) is 5.24. The normalized spacial score (nSPS) is 12.7. The predicted molar refractivity (Wildman–Crippen MR) is 90.5 cm³/mol. The summed E-state index contributed by atoms with van der Waals surface area (Å²) in [6, 6.07) is 10.1. The molecule has 0 aliphatic rings. The monoisotopic (exact) mass is 344 g/mol. The van der Waals surface area contributed by atoms with Gasteiger partial charge in [-0.15, -0.1) is 15.3 Å². The third kappa shape index (κ3) is 4.19. The molecular weight excluding hydrogens is 324 g/mol. The molecule has 3 aromatic rings. The molecule has 1 atom stereocenters. The van der Waals surface area contributed by atoms with Crippen molar-refractivity contribution in [2.45, 2.75) is 44.1 Å². The van der Waals surface area contributed by atoms with Gasteiger partial charge in [0, 0.05) is 6.42 Å². The van der Waals surface area contributed by atoms with E-state index in [9.17, 15) is 0 Å². The minimum absolute atomic E-state index is 0.0149. The average molecular weight is 344 g/mol. The summed E-state index contributed by atoms with van der Waals surface area (Å²) in [5.41, 5.74) is 1.15. The largest absolute Gasteiger partial charge is 0.424 e. The molecule has 7 nitrogen and oxygen atoms in total. The molecule has 2 aromatic heterocycles. The third-order valence-electron chi connectivity index (χ3n) is 3.37. The molecule has 1 unspecified atom stereocenters. The van der Waals surface area contributed by atoms with Gasteiger partial charge in [0.1, 0.15) is 0 Å². The second-order valence-electron chi connectivity index (χ2n) is 6.00. The fourth-order valence-corrected chi connectivity index (χ4v) is 3.03. The summed E-state index contributed by atoms with van der Waals surface area (Å²) in [7, 11) is 0. The van der Waals surface area contributed by atoms with Crippen LogP contribution < -0.4 is 0 Å². The maximum absolute atomic E-state index is 5.74. The number of benzene rings is 1. The lowest BCUT2D eigenvalue weighted by atomic mass is 10.1. The van der Waals surface area contributed by atoms with Crippen LogP contribution in [0.2, 0.25) is 0 Å². The van der Waals surface area contributed by atoms with E-state index in [0.29, 0.717) is 24.2 Å². The summed E-state index contributed by atoms with van der Waals surface area (Å²) in [5.74, 6) is 1.76. The van der Waals surface area contributed by atoms with Crippen molar-refractivity contribution < 1.29 is 4.42 Å². The van der Waals surface area contributed by atoms with Gasteiger partial charge in [-0.25, -0.2) is 4.68 Å². The minimum Gasteiger partial charge on any atom is -0.424 e. The van der Waals surface area contributed by atoms with Crippen molar-refractivity contribution in [2.75, 3.05) is 0 Å². The van der Waals surface area contributed by atoms with E-state index in [1.54, 1.807) is 4.68 Å². The highest BCUT2D eigenvalue weighted by atomic mass is 32.2. The van der Waals surface area contributed by atoms with Crippen LogP contribution in [0.3, 0.4) is 0 Å². The van der Waals surface area contributed by atoms with Crippen LogP contribution in [0.5, 0.6) is 0 Å². The Labute approximate surface area is 144 Å². The Morgan fingerprint density at radius 3 is 2.62 bits per heavy atom. The SMILES string of the molecule is CC(C)Cc1nnc(C(C)Sc2nnnn2Cc2ccccc2)o1. The van der Waals surface area contributed by atoms with Crippen molar-refractivity contribution in [1.29, 1.82) is 0 Å². The van der Waals surface area contributed by atoms with E-state index in [-0.39, 0.29) is 5.25 Å². The van der Waals surface area contributed by atoms with Crippen molar-refractivity contribution in [3.05, 3.63) is 47.7 Å². The predicted octanol–water partition coefficient (Wildman–Crippen LogP) is 3.16. The maximum Gasteiger partial charge on any atom is 0.229 e. The van der Waals surface area contributed by atoms with Crippen LogP contribution in [-0.2, 0) is 13.0 Å². The topological polar surface area (TPSA) is 82.5 Å². The lowest BCUT2D eigenvalue weighted by Crippen LogP contribution is -2.04. The molecule has 2 heterocycles. The average Bonchev–Trinajstić information content (AvgIpc) is 3.18. The number of hydrogen-bond donors (Lipinski definition) is 0. The van der Waals surface area contributed by atoms with E-state index in [1.807, 2.05) is 25.1 Å². The van der Waals surface area contributed by atoms with Gasteiger partial charge >= 0.3 is 0 Å². The summed E-state index contributed by atoms with van der Waals surface area (Å²) >= 11 is 1.51. The lowest BCUT2D eigenvalue weighted by Gasteiger charge is -2.07. The molecule has 0 aliphatic carbocycles. The number of rotatable bonds is 7. The summed E-state index contributed by atoms with van der Waals surface area (Å²) in [4.78, 5) is 0. The van der Waals surface area contributed by atoms with E-state index < -0.39 is 0 Å². The Balaban J connectivity index is 1.68. The van der Waals surface area contributed by atoms with Gasteiger partial charge < -0.3 is 4.42 Å². The molecule has 3 rings (SSSR count). The smallest absolute Gasteiger partial charge is 0.229 e. The van der Waals surface area contributed by atoms with Gasteiger partial charge in [0.05, 0.1) is 11.8 Å². The Morgan fingerprint density at radius 2 is 1.88 bits per heavy atom. The summed E-state index contributed by atoms with van der Waals surface area (Å²) < 4.78 is 7.52. The molecule has 24 heavy (non-hydrogen) atoms. The molecule has 0 spiro atoms. The van der Waals surface area contributed by atoms with Crippen molar-refractivity contribution >= 4 is 11.8 Å². The number of nitrogens with zero attached hydrogens (tertiary/aromatic N) is 6. The fraction of sp³-hybridized carbons (Fsp3) is 0.438. The van der Waals surface area contributed by atoms with Gasteiger partial charge in [0.15, 0.2) is 0 Å². The highest BCUT2D eigenvalue weighted by Gasteiger charge is 2.19. The van der Waals surface area contributed by atoms with E-state index >= 15 is 0 Å². The van der Waals surface area contributed by atoms with E-state index in [4.69, 9.17) is 4.42 Å². The van der Waals surface area contributed by atoms with Gasteiger partial charge in [-0.2, -0.15) is 0 Å². The molecule has 0 saturated carbocycles. The zero-order valence-corrected chi connectivity index (χ0v) is 14.8. The quantitative estimate of drug-likeness (QED) is 0.609. The highest BCUT2D eigenvalue weighted by molar-refractivity contribution is 7.99. The maximum atomic E-state index is 5.74. The van der Waals surface area contributed by atoms with Crippen LogP contribution in [0.4, 0.5) is 0 Å². The molecule has 8 heteroatoms. The first-order chi connectivity index (χ1) is 11.6. The van der Waals surface area contributed by atoms with E-state index in [2.05, 4.69) is 51.7 Å². The van der Waals surface area contributed by atoms with Crippen LogP contribution in [0, 0.1) is 5.92 Å². The van der Waals surface area contributed by atoms with Gasteiger partial charge in [-0.3, -0.25) is 0 Å². The fourth-order valence-electron chi connectivity index (χ4n) is 2.21. The van der Waals surface area contributed by atoms with Crippen LogP contribution in [0.1, 0.15) is 43.4 Å². The Bertz CT molecular complexity index is 770. The molecule has 0 bridgehead atoms. The summed E-state index contributed by atoms with van der Waals surface area (Å²) in [6.07, 6.45) is 0.788. The molecule has 0 saturated heterocycles. The van der Waals surface area contributed by atoms with Crippen LogP contribution in [-0.4, -0.2) is 30.4 Å². The zero-order valence-electron chi connectivity index (χ0n) is 14.0. The van der Waals surface area contributed by atoms with Crippen molar-refractivity contribution in [1.82, 2.24) is 30.4 Å². The zero-order chi connectivity index (χ0) is 16.9. The second-order valence-corrected chi connectivity index (χ2v) is 7.30. The van der Waals surface area contributed by atoms with Gasteiger partial charge in [-0.1, -0.05) is 55.9 Å². The Hall–Kier alpha value is -2.22. The Morgan fingerprint density at radius 1 is 1.08 bits per heavy atom. The van der Waals surface area contributed by atoms with Crippen LogP contribution in [0.25, 0.3) is 0 Å². The highest BCUT2D eigenvalue weighted by Crippen LogP contribution is 2.32. The van der Waals surface area contributed by atoms with Crippen LogP contribution >= 0.6 is 11.8 Å². The van der Waals surface area contributed by atoms with Gasteiger partial charge in [0.25, 0.3) is 0 Å². The number of aromatic nitrogens is 6. The molecule has 0 fully saturated rings. The van der Waals surface area contributed by atoms with Gasteiger partial charge in [-0.05, 0) is 28.8 Å². The molecule has 0 amide bonds. The third-order valence-corrected chi connectivity index (χ3v) is 4.43. The first-order valence-corrected chi connectivity index (χ1v) is 8.79. The minimum atomic E-state index is -0.0149. The standard InChI is InChI=1S/C16H20N6OS/c1-11(2)9-14-17-18-15(23-14)12(3)24-16-19-20-21-22(16)10-13-7-5-4-6-8-13/h4-8,11-12H,9-10H2,1-3H3. The molecule has 126 valence electrons. The summed E-state index contributed by atoms with van der Waals surface area (Å²) in [5, 5.41) is 20.9. The van der Waals surface area contributed by atoms with E-state index in [1.165, 1.54) is 11.8 Å². The molecule has 0 aliphatic heterocycles. The first kappa shape index (κ1) is 16.6. The summed E-state index contributed by atoms with van der Waals surface area (Å²) in [6.45, 7) is 6.89. The first-order valence-electron chi connectivity index (χ1n) is 7.91. The van der Waals surface area contributed by atoms with Gasteiger partial charge in [0.2, 0.25) is 16.9 Å². The van der Waals surface area contributed by atoms with Crippen molar-refractivity contribution in [3.8, 4) is 0 Å². The van der Waals surface area contributed by atoms with Crippen LogP contribution in [0.15, 0.2) is 39.9 Å². The van der Waals surface area contributed by atoms with Crippen molar-refractivity contribution in [2.24, 2.45) is 5.92 Å². The molecule has 1 aromatic carbocycles. The lowest BCUT2D eigenvalue weighted by molar-refractivity contribution is 0.426.